The lowest BCUT2D eigenvalue weighted by atomic mass is 9.84. The first-order chi connectivity index (χ1) is 21.5. The van der Waals surface area contributed by atoms with Crippen molar-refractivity contribution in [2.75, 3.05) is 18.8 Å². The van der Waals surface area contributed by atoms with Crippen LogP contribution in [0.15, 0.2) is 30.3 Å². The molecule has 0 fully saturated rings. The second-order valence-electron chi connectivity index (χ2n) is 11.9. The SMILES string of the molecule is CC(C)CCC(C)(C)C(=O)NC(Cc1ccccc1)C(=O)NCC(=O)NCC(N)C(=O)NC(CC(=O)O)C(=O)NC(CS)C(=O)O. The minimum Gasteiger partial charge on any atom is -0.481 e. The summed E-state index contributed by atoms with van der Waals surface area (Å²) in [5, 5.41) is 30.1. The molecular formula is C30H46N6O9S. The molecule has 15 nitrogen and oxygen atoms in total. The standard InChI is InChI=1S/C30H46N6O9S/c1-17(2)10-11-30(3,4)29(45)36-20(12-18-8-6-5-7-9-18)26(41)33-15-23(37)32-14-19(31)25(40)34-21(13-24(38)39)27(42)35-22(16-46)28(43)44/h5-9,17,19-22,46H,10-16,31H2,1-4H3,(H,32,37)(H,33,41)(H,34,40)(H,35,42)(H,36,45)(H,38,39)(H,43,44). The summed E-state index contributed by atoms with van der Waals surface area (Å²) < 4.78 is 0. The van der Waals surface area contributed by atoms with Gasteiger partial charge in [0, 0.05) is 24.1 Å². The molecule has 0 heterocycles. The van der Waals surface area contributed by atoms with E-state index in [1.54, 1.807) is 26.0 Å². The van der Waals surface area contributed by atoms with Gasteiger partial charge in [-0.25, -0.2) is 4.79 Å². The molecule has 0 aromatic heterocycles. The first-order valence-electron chi connectivity index (χ1n) is 14.8. The molecule has 0 bridgehead atoms. The molecular weight excluding hydrogens is 620 g/mol. The molecule has 0 radical (unpaired) electrons. The number of benzene rings is 1. The monoisotopic (exact) mass is 666 g/mol. The zero-order chi connectivity index (χ0) is 35.0. The summed E-state index contributed by atoms with van der Waals surface area (Å²) in [5.74, 6) is -6.42. The molecule has 0 aliphatic carbocycles. The predicted octanol–water partition coefficient (Wildman–Crippen LogP) is -0.805. The molecule has 0 saturated carbocycles. The second-order valence-corrected chi connectivity index (χ2v) is 12.3. The summed E-state index contributed by atoms with van der Waals surface area (Å²) in [4.78, 5) is 86.0. The Bertz CT molecular complexity index is 1230. The summed E-state index contributed by atoms with van der Waals surface area (Å²) in [6.45, 7) is 6.78. The molecule has 256 valence electrons. The maximum absolute atomic E-state index is 13.1. The maximum atomic E-state index is 13.1. The van der Waals surface area contributed by atoms with Crippen molar-refractivity contribution in [3.8, 4) is 0 Å². The van der Waals surface area contributed by atoms with E-state index in [1.165, 1.54) is 0 Å². The van der Waals surface area contributed by atoms with E-state index >= 15 is 0 Å². The number of hydrogen-bond acceptors (Lipinski definition) is 9. The van der Waals surface area contributed by atoms with Gasteiger partial charge < -0.3 is 42.5 Å². The van der Waals surface area contributed by atoms with Crippen LogP contribution in [0.5, 0.6) is 0 Å². The third kappa shape index (κ3) is 14.7. The van der Waals surface area contributed by atoms with E-state index in [1.807, 2.05) is 18.2 Å². The predicted molar refractivity (Wildman–Crippen MR) is 172 cm³/mol. The van der Waals surface area contributed by atoms with E-state index in [0.717, 1.165) is 12.0 Å². The lowest BCUT2D eigenvalue weighted by molar-refractivity contribution is -0.143. The second kappa shape index (κ2) is 19.4. The fourth-order valence-electron chi connectivity index (χ4n) is 3.97. The molecule has 0 spiro atoms. The Hall–Kier alpha value is -4.18. The number of amides is 5. The number of carbonyl (C=O) groups is 7. The Morgan fingerprint density at radius 2 is 1.46 bits per heavy atom. The molecule has 9 N–H and O–H groups in total. The van der Waals surface area contributed by atoms with Gasteiger partial charge in [-0.15, -0.1) is 0 Å². The van der Waals surface area contributed by atoms with Gasteiger partial charge in [0.2, 0.25) is 29.5 Å². The Kier molecular flexibility index (Phi) is 16.8. The van der Waals surface area contributed by atoms with Gasteiger partial charge >= 0.3 is 11.9 Å². The van der Waals surface area contributed by atoms with Gasteiger partial charge in [0.25, 0.3) is 0 Å². The number of nitrogens with one attached hydrogen (secondary N) is 5. The zero-order valence-corrected chi connectivity index (χ0v) is 27.4. The van der Waals surface area contributed by atoms with E-state index in [9.17, 15) is 33.6 Å². The van der Waals surface area contributed by atoms with Crippen molar-refractivity contribution in [1.29, 1.82) is 0 Å². The van der Waals surface area contributed by atoms with Gasteiger partial charge in [0.1, 0.15) is 24.2 Å². The normalized spacial score (nSPS) is 13.8. The fourth-order valence-corrected chi connectivity index (χ4v) is 4.21. The number of carbonyl (C=O) groups excluding carboxylic acids is 5. The molecule has 0 aliphatic rings. The molecule has 46 heavy (non-hydrogen) atoms. The van der Waals surface area contributed by atoms with Crippen LogP contribution < -0.4 is 32.3 Å². The highest BCUT2D eigenvalue weighted by Gasteiger charge is 2.32. The Morgan fingerprint density at radius 3 is 2.00 bits per heavy atom. The zero-order valence-electron chi connectivity index (χ0n) is 26.5. The molecule has 5 amide bonds. The summed E-state index contributed by atoms with van der Waals surface area (Å²) in [6.07, 6.45) is 0.756. The number of thiol groups is 1. The molecule has 16 heteroatoms. The van der Waals surface area contributed by atoms with Gasteiger partial charge in [0.05, 0.1) is 13.0 Å². The molecule has 4 atom stereocenters. The molecule has 1 aromatic carbocycles. The van der Waals surface area contributed by atoms with Gasteiger partial charge in [-0.2, -0.15) is 12.6 Å². The average molecular weight is 667 g/mol. The lowest BCUT2D eigenvalue weighted by Gasteiger charge is -2.28. The van der Waals surface area contributed by atoms with Crippen molar-refractivity contribution in [3.63, 3.8) is 0 Å². The van der Waals surface area contributed by atoms with Crippen molar-refractivity contribution in [3.05, 3.63) is 35.9 Å². The number of carboxylic acid groups (broad SMARTS) is 2. The minimum atomic E-state index is -1.65. The molecule has 0 saturated heterocycles. The van der Waals surface area contributed by atoms with Crippen molar-refractivity contribution >= 4 is 54.1 Å². The van der Waals surface area contributed by atoms with Gasteiger partial charge in [0.15, 0.2) is 0 Å². The summed E-state index contributed by atoms with van der Waals surface area (Å²) >= 11 is 3.82. The molecule has 1 rings (SSSR count). The Labute approximate surface area is 273 Å². The number of hydrogen-bond donors (Lipinski definition) is 9. The molecule has 4 unspecified atom stereocenters. The fraction of sp³-hybridized carbons (Fsp3) is 0.567. The molecule has 1 aromatic rings. The first-order valence-corrected chi connectivity index (χ1v) is 15.4. The highest BCUT2D eigenvalue weighted by Crippen LogP contribution is 2.25. The topological polar surface area (TPSA) is 246 Å². The van der Waals surface area contributed by atoms with Crippen molar-refractivity contribution < 1.29 is 43.8 Å². The van der Waals surface area contributed by atoms with E-state index in [0.29, 0.717) is 12.3 Å². The number of carboxylic acids is 2. The third-order valence-electron chi connectivity index (χ3n) is 6.95. The molecule has 0 aliphatic heterocycles. The summed E-state index contributed by atoms with van der Waals surface area (Å²) in [5.41, 5.74) is 5.86. The average Bonchev–Trinajstić information content (AvgIpc) is 2.99. The summed E-state index contributed by atoms with van der Waals surface area (Å²) in [6, 6.07) is 3.56. The first kappa shape index (κ1) is 39.8. The van der Waals surface area contributed by atoms with Crippen LogP contribution >= 0.6 is 12.6 Å². The minimum absolute atomic E-state index is 0.178. The van der Waals surface area contributed by atoms with Crippen LogP contribution in [0.2, 0.25) is 0 Å². The summed E-state index contributed by atoms with van der Waals surface area (Å²) in [7, 11) is 0. The van der Waals surface area contributed by atoms with Gasteiger partial charge in [-0.05, 0) is 24.3 Å². The van der Waals surface area contributed by atoms with Crippen LogP contribution in [0.25, 0.3) is 0 Å². The number of nitrogens with two attached hydrogens (primary N) is 1. The maximum Gasteiger partial charge on any atom is 0.327 e. The largest absolute Gasteiger partial charge is 0.481 e. The van der Waals surface area contributed by atoms with Crippen LogP contribution in [-0.2, 0) is 40.0 Å². The smallest absolute Gasteiger partial charge is 0.327 e. The highest BCUT2D eigenvalue weighted by atomic mass is 32.1. The highest BCUT2D eigenvalue weighted by molar-refractivity contribution is 7.80. The Balaban J connectivity index is 2.78. The number of rotatable bonds is 20. The van der Waals surface area contributed by atoms with Crippen LogP contribution in [0.1, 0.15) is 52.5 Å². The Morgan fingerprint density at radius 1 is 0.848 bits per heavy atom. The van der Waals surface area contributed by atoms with E-state index in [2.05, 4.69) is 53.1 Å². The number of aliphatic carboxylic acids is 2. The van der Waals surface area contributed by atoms with E-state index in [-0.39, 0.29) is 18.1 Å². The van der Waals surface area contributed by atoms with E-state index in [4.69, 9.17) is 15.9 Å². The van der Waals surface area contributed by atoms with E-state index < -0.39 is 84.7 Å². The van der Waals surface area contributed by atoms with Crippen molar-refractivity contribution in [2.45, 2.75) is 77.5 Å². The van der Waals surface area contributed by atoms with Crippen molar-refractivity contribution in [1.82, 2.24) is 26.6 Å². The quantitative estimate of drug-likeness (QED) is 0.0784. The van der Waals surface area contributed by atoms with Crippen LogP contribution in [0, 0.1) is 11.3 Å². The van der Waals surface area contributed by atoms with Gasteiger partial charge in [-0.1, -0.05) is 58.0 Å². The van der Waals surface area contributed by atoms with Crippen molar-refractivity contribution in [2.24, 2.45) is 17.1 Å². The third-order valence-corrected chi connectivity index (χ3v) is 7.32. The van der Waals surface area contributed by atoms with Gasteiger partial charge in [-0.3, -0.25) is 28.8 Å². The van der Waals surface area contributed by atoms with Crippen LogP contribution in [0.3, 0.4) is 0 Å². The lowest BCUT2D eigenvalue weighted by Crippen LogP contribution is -2.57. The van der Waals surface area contributed by atoms with Crippen LogP contribution in [-0.4, -0.2) is 94.7 Å². The van der Waals surface area contributed by atoms with Crippen LogP contribution in [0.4, 0.5) is 0 Å².